The standard InChI is InChI=1S/C16H24FN/c1-11-3-5-13(6-4-11)16(18)10-14-7-8-15(17)9-12(14)2/h7-9,11,13,16H,3-6,10,18H2,1-2H3. The Morgan fingerprint density at radius 2 is 1.94 bits per heavy atom. The first-order valence-corrected chi connectivity index (χ1v) is 7.07. The Balaban J connectivity index is 1.96. The molecule has 1 unspecified atom stereocenters. The van der Waals surface area contributed by atoms with Gasteiger partial charge >= 0.3 is 0 Å². The maximum atomic E-state index is 13.1. The van der Waals surface area contributed by atoms with Crippen LogP contribution < -0.4 is 5.73 Å². The number of benzene rings is 1. The van der Waals surface area contributed by atoms with Gasteiger partial charge in [-0.25, -0.2) is 4.39 Å². The zero-order chi connectivity index (χ0) is 13.1. The predicted molar refractivity (Wildman–Crippen MR) is 73.9 cm³/mol. The summed E-state index contributed by atoms with van der Waals surface area (Å²) in [4.78, 5) is 0. The molecule has 100 valence electrons. The van der Waals surface area contributed by atoms with Crippen molar-refractivity contribution < 1.29 is 4.39 Å². The number of hydrogen-bond acceptors (Lipinski definition) is 1. The number of rotatable bonds is 3. The van der Waals surface area contributed by atoms with Crippen LogP contribution in [0.25, 0.3) is 0 Å². The fourth-order valence-corrected chi connectivity index (χ4v) is 3.02. The van der Waals surface area contributed by atoms with Gasteiger partial charge in [-0.15, -0.1) is 0 Å². The van der Waals surface area contributed by atoms with Gasteiger partial charge in [-0.2, -0.15) is 0 Å². The lowest BCUT2D eigenvalue weighted by molar-refractivity contribution is 0.253. The van der Waals surface area contributed by atoms with Gasteiger partial charge < -0.3 is 5.73 Å². The molecule has 1 aliphatic rings. The lowest BCUT2D eigenvalue weighted by Gasteiger charge is -2.31. The van der Waals surface area contributed by atoms with Crippen molar-refractivity contribution in [2.24, 2.45) is 17.6 Å². The molecule has 0 spiro atoms. The Hall–Kier alpha value is -0.890. The molecule has 0 saturated heterocycles. The molecule has 0 radical (unpaired) electrons. The van der Waals surface area contributed by atoms with Crippen LogP contribution >= 0.6 is 0 Å². The highest BCUT2D eigenvalue weighted by molar-refractivity contribution is 5.27. The number of nitrogens with two attached hydrogens (primary N) is 1. The van der Waals surface area contributed by atoms with Crippen molar-refractivity contribution in [3.63, 3.8) is 0 Å². The first-order valence-electron chi connectivity index (χ1n) is 7.07. The van der Waals surface area contributed by atoms with E-state index in [9.17, 15) is 4.39 Å². The molecule has 1 aromatic carbocycles. The summed E-state index contributed by atoms with van der Waals surface area (Å²) in [5.41, 5.74) is 8.56. The van der Waals surface area contributed by atoms with Crippen LogP contribution in [0.4, 0.5) is 4.39 Å². The lowest BCUT2D eigenvalue weighted by Crippen LogP contribution is -2.34. The van der Waals surface area contributed by atoms with Gasteiger partial charge in [0.25, 0.3) is 0 Å². The molecule has 1 aliphatic carbocycles. The molecule has 0 bridgehead atoms. The minimum Gasteiger partial charge on any atom is -0.327 e. The second-order valence-electron chi connectivity index (χ2n) is 5.96. The summed E-state index contributed by atoms with van der Waals surface area (Å²) in [6, 6.07) is 5.25. The molecule has 1 aromatic rings. The monoisotopic (exact) mass is 249 g/mol. The quantitative estimate of drug-likeness (QED) is 0.865. The Morgan fingerprint density at radius 3 is 2.56 bits per heavy atom. The Kier molecular flexibility index (Phi) is 4.39. The molecular weight excluding hydrogens is 225 g/mol. The molecule has 0 heterocycles. The summed E-state index contributed by atoms with van der Waals surface area (Å²) in [5.74, 6) is 1.35. The van der Waals surface area contributed by atoms with Gasteiger partial charge in [-0.3, -0.25) is 0 Å². The van der Waals surface area contributed by atoms with E-state index in [0.29, 0.717) is 5.92 Å². The molecule has 1 atom stereocenters. The van der Waals surface area contributed by atoms with Crippen LogP contribution in [0.3, 0.4) is 0 Å². The van der Waals surface area contributed by atoms with Gasteiger partial charge in [0.1, 0.15) is 5.82 Å². The van der Waals surface area contributed by atoms with E-state index in [2.05, 4.69) is 6.92 Å². The van der Waals surface area contributed by atoms with Crippen LogP contribution in [-0.4, -0.2) is 6.04 Å². The molecule has 0 aromatic heterocycles. The van der Waals surface area contributed by atoms with Gasteiger partial charge in [0.15, 0.2) is 0 Å². The summed E-state index contributed by atoms with van der Waals surface area (Å²) < 4.78 is 13.1. The van der Waals surface area contributed by atoms with E-state index >= 15 is 0 Å². The highest BCUT2D eigenvalue weighted by atomic mass is 19.1. The molecule has 2 rings (SSSR count). The minimum absolute atomic E-state index is 0.156. The zero-order valence-electron chi connectivity index (χ0n) is 11.5. The van der Waals surface area contributed by atoms with Gasteiger partial charge in [0, 0.05) is 6.04 Å². The summed E-state index contributed by atoms with van der Waals surface area (Å²) >= 11 is 0. The zero-order valence-corrected chi connectivity index (χ0v) is 11.5. The van der Waals surface area contributed by atoms with Crippen LogP contribution in [0.5, 0.6) is 0 Å². The van der Waals surface area contributed by atoms with E-state index in [4.69, 9.17) is 5.73 Å². The average molecular weight is 249 g/mol. The molecule has 0 aliphatic heterocycles. The summed E-state index contributed by atoms with van der Waals surface area (Å²) in [7, 11) is 0. The SMILES string of the molecule is Cc1cc(F)ccc1CC(N)C1CCC(C)CC1. The fraction of sp³-hybridized carbons (Fsp3) is 0.625. The molecule has 2 heteroatoms. The van der Waals surface area contributed by atoms with Crippen LogP contribution in [0, 0.1) is 24.6 Å². The van der Waals surface area contributed by atoms with Gasteiger partial charge in [0.05, 0.1) is 0 Å². The van der Waals surface area contributed by atoms with E-state index in [1.54, 1.807) is 6.07 Å². The van der Waals surface area contributed by atoms with E-state index in [0.717, 1.165) is 17.9 Å². The molecule has 1 saturated carbocycles. The topological polar surface area (TPSA) is 26.0 Å². The second-order valence-corrected chi connectivity index (χ2v) is 5.96. The number of hydrogen-bond donors (Lipinski definition) is 1. The fourth-order valence-electron chi connectivity index (χ4n) is 3.02. The van der Waals surface area contributed by atoms with Crippen LogP contribution in [0.2, 0.25) is 0 Å². The van der Waals surface area contributed by atoms with Gasteiger partial charge in [-0.05, 0) is 61.3 Å². The van der Waals surface area contributed by atoms with E-state index in [-0.39, 0.29) is 11.9 Å². The van der Waals surface area contributed by atoms with Crippen molar-refractivity contribution in [2.75, 3.05) is 0 Å². The van der Waals surface area contributed by atoms with E-state index in [1.165, 1.54) is 37.3 Å². The largest absolute Gasteiger partial charge is 0.327 e. The third-order valence-electron chi connectivity index (χ3n) is 4.43. The third kappa shape index (κ3) is 3.32. The molecular formula is C16H24FN. The second kappa shape index (κ2) is 5.83. The molecule has 0 amide bonds. The summed E-state index contributed by atoms with van der Waals surface area (Å²) in [6.45, 7) is 4.29. The molecule has 18 heavy (non-hydrogen) atoms. The van der Waals surface area contributed by atoms with Crippen molar-refractivity contribution >= 4 is 0 Å². The van der Waals surface area contributed by atoms with Crippen LogP contribution in [0.1, 0.15) is 43.7 Å². The normalized spacial score (nSPS) is 26.0. The number of halogens is 1. The van der Waals surface area contributed by atoms with Crippen molar-refractivity contribution in [3.05, 3.63) is 35.1 Å². The molecule has 1 nitrogen and oxygen atoms in total. The smallest absolute Gasteiger partial charge is 0.123 e. The van der Waals surface area contributed by atoms with Crippen molar-refractivity contribution in [1.29, 1.82) is 0 Å². The predicted octanol–water partition coefficient (Wildman–Crippen LogP) is 3.83. The minimum atomic E-state index is -0.156. The maximum absolute atomic E-state index is 13.1. The van der Waals surface area contributed by atoms with Crippen LogP contribution in [-0.2, 0) is 6.42 Å². The van der Waals surface area contributed by atoms with Crippen molar-refractivity contribution in [3.8, 4) is 0 Å². The van der Waals surface area contributed by atoms with Gasteiger partial charge in [0.2, 0.25) is 0 Å². The summed E-state index contributed by atoms with van der Waals surface area (Å²) in [6.07, 6.45) is 6.00. The average Bonchev–Trinajstić information content (AvgIpc) is 2.33. The molecule has 2 N–H and O–H groups in total. The first kappa shape index (κ1) is 13.5. The van der Waals surface area contributed by atoms with Crippen molar-refractivity contribution in [2.45, 2.75) is 52.0 Å². The third-order valence-corrected chi connectivity index (χ3v) is 4.43. The van der Waals surface area contributed by atoms with E-state index in [1.807, 2.05) is 13.0 Å². The van der Waals surface area contributed by atoms with Gasteiger partial charge in [-0.1, -0.05) is 25.8 Å². The number of aryl methyl sites for hydroxylation is 1. The highest BCUT2D eigenvalue weighted by Gasteiger charge is 2.23. The Labute approximate surface area is 110 Å². The van der Waals surface area contributed by atoms with E-state index < -0.39 is 0 Å². The molecule has 1 fully saturated rings. The Bertz CT molecular complexity index is 394. The van der Waals surface area contributed by atoms with Crippen molar-refractivity contribution in [1.82, 2.24) is 0 Å². The lowest BCUT2D eigenvalue weighted by atomic mass is 9.78. The maximum Gasteiger partial charge on any atom is 0.123 e. The highest BCUT2D eigenvalue weighted by Crippen LogP contribution is 2.31. The summed E-state index contributed by atoms with van der Waals surface area (Å²) in [5, 5.41) is 0. The van der Waals surface area contributed by atoms with Crippen LogP contribution in [0.15, 0.2) is 18.2 Å². The Morgan fingerprint density at radius 1 is 1.28 bits per heavy atom. The first-order chi connectivity index (χ1) is 8.56.